The first-order valence-corrected chi connectivity index (χ1v) is 9.02. The molecule has 0 spiro atoms. The fourth-order valence-corrected chi connectivity index (χ4v) is 4.57. The van der Waals surface area contributed by atoms with E-state index in [1.807, 2.05) is 6.92 Å². The molecule has 22 heavy (non-hydrogen) atoms. The summed E-state index contributed by atoms with van der Waals surface area (Å²) in [5.41, 5.74) is 0.0383. The van der Waals surface area contributed by atoms with Crippen LogP contribution in [0.15, 0.2) is 24.3 Å². The molecule has 1 aliphatic heterocycles. The standard InChI is InChI=1S/C13H15Cl3FNO3S/c1-3-12(2)11(9-4-6-10(17)7-5-9)18(12)22(19,20)21-8-13(14,15)16/h4-7,11H,3,8H2,1-2H3. The summed E-state index contributed by atoms with van der Waals surface area (Å²) in [6.45, 7) is 3.07. The van der Waals surface area contributed by atoms with E-state index in [0.29, 0.717) is 12.0 Å². The van der Waals surface area contributed by atoms with Gasteiger partial charge in [-0.1, -0.05) is 53.9 Å². The lowest BCUT2D eigenvalue weighted by Crippen LogP contribution is -2.26. The quantitative estimate of drug-likeness (QED) is 0.564. The van der Waals surface area contributed by atoms with Gasteiger partial charge in [0.15, 0.2) is 0 Å². The molecule has 2 rings (SSSR count). The minimum absolute atomic E-state index is 0.385. The van der Waals surface area contributed by atoms with Gasteiger partial charge in [0.25, 0.3) is 0 Å². The molecule has 1 aromatic carbocycles. The van der Waals surface area contributed by atoms with Crippen LogP contribution in [0.25, 0.3) is 0 Å². The van der Waals surface area contributed by atoms with Crippen LogP contribution in [0, 0.1) is 5.82 Å². The normalized spacial score (nSPS) is 28.6. The minimum Gasteiger partial charge on any atom is -0.253 e. The fraction of sp³-hybridized carbons (Fsp3) is 0.538. The van der Waals surface area contributed by atoms with E-state index >= 15 is 0 Å². The molecule has 3 unspecified atom stereocenters. The lowest BCUT2D eigenvalue weighted by atomic mass is 9.99. The van der Waals surface area contributed by atoms with Crippen molar-refractivity contribution in [2.24, 2.45) is 0 Å². The van der Waals surface area contributed by atoms with E-state index in [1.165, 1.54) is 16.4 Å². The van der Waals surface area contributed by atoms with Gasteiger partial charge in [-0.15, -0.1) is 0 Å². The highest BCUT2D eigenvalue weighted by molar-refractivity contribution is 7.84. The molecular weight excluding hydrogens is 376 g/mol. The van der Waals surface area contributed by atoms with Gasteiger partial charge < -0.3 is 0 Å². The number of benzene rings is 1. The molecule has 0 N–H and O–H groups in total. The lowest BCUT2D eigenvalue weighted by molar-refractivity contribution is 0.297. The summed E-state index contributed by atoms with van der Waals surface area (Å²) in [6.07, 6.45) is 0.561. The van der Waals surface area contributed by atoms with Gasteiger partial charge in [0.1, 0.15) is 12.4 Å². The topological polar surface area (TPSA) is 46.4 Å². The van der Waals surface area contributed by atoms with Gasteiger partial charge >= 0.3 is 10.3 Å². The van der Waals surface area contributed by atoms with Crippen LogP contribution in [-0.4, -0.2) is 28.7 Å². The monoisotopic (exact) mass is 389 g/mol. The first-order valence-electron chi connectivity index (χ1n) is 6.52. The molecule has 124 valence electrons. The second-order valence-corrected chi connectivity index (χ2v) is 9.30. The van der Waals surface area contributed by atoms with Crippen LogP contribution in [0.2, 0.25) is 0 Å². The second kappa shape index (κ2) is 6.07. The van der Waals surface area contributed by atoms with Gasteiger partial charge in [-0.2, -0.15) is 12.7 Å². The van der Waals surface area contributed by atoms with Crippen molar-refractivity contribution < 1.29 is 17.0 Å². The van der Waals surface area contributed by atoms with Gasteiger partial charge in [0.05, 0.1) is 11.6 Å². The van der Waals surface area contributed by atoms with Crippen LogP contribution in [0.4, 0.5) is 4.39 Å². The summed E-state index contributed by atoms with van der Waals surface area (Å²) in [7, 11) is -4.06. The third-order valence-corrected chi connectivity index (χ3v) is 5.63. The zero-order valence-corrected chi connectivity index (χ0v) is 15.0. The van der Waals surface area contributed by atoms with E-state index in [4.69, 9.17) is 39.0 Å². The molecule has 1 aromatic rings. The van der Waals surface area contributed by atoms with Gasteiger partial charge in [0, 0.05) is 0 Å². The number of halogens is 4. The molecule has 1 saturated heterocycles. The average Bonchev–Trinajstić information content (AvgIpc) is 3.05. The van der Waals surface area contributed by atoms with Crippen LogP contribution in [-0.2, 0) is 14.5 Å². The van der Waals surface area contributed by atoms with Gasteiger partial charge in [-0.3, -0.25) is 4.18 Å². The molecule has 0 amide bonds. The van der Waals surface area contributed by atoms with Gasteiger partial charge in [0.2, 0.25) is 3.79 Å². The largest absolute Gasteiger partial charge is 0.339 e. The number of hydrogen-bond donors (Lipinski definition) is 0. The second-order valence-electron chi connectivity index (χ2n) is 5.30. The van der Waals surface area contributed by atoms with Gasteiger partial charge in [-0.05, 0) is 31.0 Å². The molecule has 0 saturated carbocycles. The third-order valence-electron chi connectivity index (χ3n) is 3.77. The van der Waals surface area contributed by atoms with Crippen LogP contribution < -0.4 is 0 Å². The lowest BCUT2D eigenvalue weighted by Gasteiger charge is -2.13. The average molecular weight is 391 g/mol. The molecule has 0 aromatic heterocycles. The fourth-order valence-electron chi connectivity index (χ4n) is 2.47. The van der Waals surface area contributed by atoms with Crippen LogP contribution in [0.5, 0.6) is 0 Å². The van der Waals surface area contributed by atoms with Crippen molar-refractivity contribution in [1.82, 2.24) is 4.31 Å². The molecule has 9 heteroatoms. The SMILES string of the molecule is CCC1(C)C(c2ccc(F)cc2)N1S(=O)(=O)OCC(Cl)(Cl)Cl. The number of rotatable bonds is 5. The predicted molar refractivity (Wildman–Crippen MR) is 84.8 cm³/mol. The number of nitrogens with zero attached hydrogens (tertiary/aromatic N) is 1. The van der Waals surface area contributed by atoms with Crippen LogP contribution in [0.3, 0.4) is 0 Å². The first kappa shape index (κ1) is 18.2. The molecule has 0 aliphatic carbocycles. The van der Waals surface area contributed by atoms with Crippen LogP contribution in [0.1, 0.15) is 31.9 Å². The summed E-state index contributed by atoms with van der Waals surface area (Å²) < 4.78 is 41.9. The molecule has 3 atom stereocenters. The van der Waals surface area contributed by atoms with Crippen molar-refractivity contribution in [1.29, 1.82) is 0 Å². The predicted octanol–water partition coefficient (Wildman–Crippen LogP) is 3.98. The van der Waals surface area contributed by atoms with Crippen LogP contribution >= 0.6 is 34.8 Å². The van der Waals surface area contributed by atoms with Crippen molar-refractivity contribution in [2.75, 3.05) is 6.61 Å². The van der Waals surface area contributed by atoms with E-state index in [9.17, 15) is 12.8 Å². The molecular formula is C13H15Cl3FNO3S. The van der Waals surface area contributed by atoms with Gasteiger partial charge in [-0.25, -0.2) is 4.39 Å². The molecule has 1 heterocycles. The number of alkyl halides is 3. The Hall–Kier alpha value is -0.110. The summed E-state index contributed by atoms with van der Waals surface area (Å²) in [5, 5.41) is 0. The zero-order valence-electron chi connectivity index (χ0n) is 11.9. The highest BCUT2D eigenvalue weighted by Gasteiger charge is 2.65. The van der Waals surface area contributed by atoms with E-state index in [0.717, 1.165) is 0 Å². The Morgan fingerprint density at radius 1 is 1.32 bits per heavy atom. The highest BCUT2D eigenvalue weighted by Crippen LogP contribution is 2.57. The molecule has 0 radical (unpaired) electrons. The number of hydrogen-bond acceptors (Lipinski definition) is 3. The first-order chi connectivity index (χ1) is 10.0. The smallest absolute Gasteiger partial charge is 0.253 e. The van der Waals surface area contributed by atoms with E-state index < -0.39 is 32.3 Å². The summed E-state index contributed by atoms with van der Waals surface area (Å²) in [5.74, 6) is -0.385. The summed E-state index contributed by atoms with van der Waals surface area (Å²) in [4.78, 5) is 0. The van der Waals surface area contributed by atoms with E-state index in [-0.39, 0.29) is 5.82 Å². The zero-order chi connectivity index (χ0) is 16.8. The molecule has 1 fully saturated rings. The molecule has 1 aliphatic rings. The maximum atomic E-state index is 13.0. The van der Waals surface area contributed by atoms with E-state index in [2.05, 4.69) is 0 Å². The van der Waals surface area contributed by atoms with E-state index in [1.54, 1.807) is 19.1 Å². The molecule has 0 bridgehead atoms. The Kier molecular flexibility index (Phi) is 5.03. The van der Waals surface area contributed by atoms with Crippen molar-refractivity contribution in [3.63, 3.8) is 0 Å². The van der Waals surface area contributed by atoms with Crippen molar-refractivity contribution in [2.45, 2.75) is 35.6 Å². The Labute approximate surface area is 144 Å². The minimum atomic E-state index is -4.06. The Bertz CT molecular complexity index is 647. The maximum Gasteiger partial charge on any atom is 0.339 e. The Morgan fingerprint density at radius 2 is 1.86 bits per heavy atom. The van der Waals surface area contributed by atoms with Crippen molar-refractivity contribution in [3.8, 4) is 0 Å². The summed E-state index contributed by atoms with van der Waals surface area (Å²) in [6, 6.07) is 5.25. The highest BCUT2D eigenvalue weighted by atomic mass is 35.6. The Balaban J connectivity index is 2.24. The van der Waals surface area contributed by atoms with Crippen molar-refractivity contribution in [3.05, 3.63) is 35.6 Å². The Morgan fingerprint density at radius 3 is 2.32 bits per heavy atom. The summed E-state index contributed by atoms with van der Waals surface area (Å²) >= 11 is 16.6. The third kappa shape index (κ3) is 3.68. The maximum absolute atomic E-state index is 13.0. The molecule has 4 nitrogen and oxygen atoms in total. The van der Waals surface area contributed by atoms with Crippen molar-refractivity contribution >= 4 is 45.1 Å².